The van der Waals surface area contributed by atoms with Crippen LogP contribution in [0.5, 0.6) is 0 Å². The Morgan fingerprint density at radius 2 is 1.78 bits per heavy atom. The fourth-order valence-electron chi connectivity index (χ4n) is 1.94. The minimum atomic E-state index is -0.947. The minimum absolute atomic E-state index is 0.0359. The number of rotatable bonds is 5. The molecule has 18 heavy (non-hydrogen) atoms. The van der Waals surface area contributed by atoms with Gasteiger partial charge in [0.05, 0.1) is 6.10 Å². The van der Waals surface area contributed by atoms with Crippen molar-refractivity contribution in [3.63, 3.8) is 0 Å². The van der Waals surface area contributed by atoms with Gasteiger partial charge in [-0.2, -0.15) is 0 Å². The average Bonchev–Trinajstić information content (AvgIpc) is 2.36. The molecule has 1 amide bonds. The molecule has 0 aromatic heterocycles. The molecular weight excluding hydrogens is 232 g/mol. The predicted molar refractivity (Wildman–Crippen MR) is 72.9 cm³/mol. The second kappa shape index (κ2) is 11.3. The summed E-state index contributed by atoms with van der Waals surface area (Å²) < 4.78 is 0. The molecule has 0 saturated heterocycles. The molecule has 1 aliphatic rings. The van der Waals surface area contributed by atoms with Gasteiger partial charge < -0.3 is 20.4 Å². The molecule has 0 atom stereocenters. The molecule has 3 N–H and O–H groups in total. The van der Waals surface area contributed by atoms with Crippen molar-refractivity contribution >= 4 is 6.09 Å². The molecule has 0 unspecified atom stereocenters. The van der Waals surface area contributed by atoms with Crippen LogP contribution in [0.2, 0.25) is 0 Å². The van der Waals surface area contributed by atoms with Crippen LogP contribution in [0.25, 0.3) is 0 Å². The monoisotopic (exact) mass is 260 g/mol. The molecule has 0 heterocycles. The van der Waals surface area contributed by atoms with Crippen molar-refractivity contribution in [3.05, 3.63) is 0 Å². The standard InChI is InChI=1S/C7H16N2O2.C6H12O/c1-3-9(4-2)6-5-8-7(10)11;7-6-4-2-1-3-5-6/h8H,3-6H2,1-2H3,(H,10,11);6-7H,1-5H2. The smallest absolute Gasteiger partial charge is 0.404 e. The molecular formula is C13H28N2O3. The summed E-state index contributed by atoms with van der Waals surface area (Å²) >= 11 is 0. The van der Waals surface area contributed by atoms with Gasteiger partial charge >= 0.3 is 6.09 Å². The molecule has 108 valence electrons. The summed E-state index contributed by atoms with van der Waals surface area (Å²) in [5, 5.41) is 19.5. The van der Waals surface area contributed by atoms with Crippen molar-refractivity contribution in [2.24, 2.45) is 0 Å². The van der Waals surface area contributed by atoms with Crippen molar-refractivity contribution in [1.82, 2.24) is 10.2 Å². The van der Waals surface area contributed by atoms with Gasteiger partial charge in [-0.15, -0.1) is 0 Å². The molecule has 1 rings (SSSR count). The normalized spacial score (nSPS) is 16.0. The number of carbonyl (C=O) groups is 1. The predicted octanol–water partition coefficient (Wildman–Crippen LogP) is 1.91. The van der Waals surface area contributed by atoms with Gasteiger partial charge in [-0.25, -0.2) is 4.79 Å². The van der Waals surface area contributed by atoms with Crippen molar-refractivity contribution in [1.29, 1.82) is 0 Å². The summed E-state index contributed by atoms with van der Waals surface area (Å²) in [6.45, 7) is 7.36. The number of amides is 1. The number of hydrogen-bond donors (Lipinski definition) is 3. The van der Waals surface area contributed by atoms with Gasteiger partial charge in [0.15, 0.2) is 0 Å². The quantitative estimate of drug-likeness (QED) is 0.706. The SMILES string of the molecule is CCN(CC)CCNC(=O)O.OC1CCCCC1. The molecule has 5 heteroatoms. The van der Waals surface area contributed by atoms with E-state index in [2.05, 4.69) is 24.1 Å². The van der Waals surface area contributed by atoms with Gasteiger partial charge in [0, 0.05) is 13.1 Å². The zero-order chi connectivity index (χ0) is 13.8. The minimum Gasteiger partial charge on any atom is -0.465 e. The number of hydrogen-bond acceptors (Lipinski definition) is 3. The highest BCUT2D eigenvalue weighted by Crippen LogP contribution is 2.16. The van der Waals surface area contributed by atoms with Crippen molar-refractivity contribution in [2.45, 2.75) is 52.1 Å². The number of nitrogens with zero attached hydrogens (tertiary/aromatic N) is 1. The lowest BCUT2D eigenvalue weighted by molar-refractivity contribution is 0.130. The fourth-order valence-corrected chi connectivity index (χ4v) is 1.94. The Balaban J connectivity index is 0.000000351. The van der Waals surface area contributed by atoms with E-state index in [1.54, 1.807) is 0 Å². The van der Waals surface area contributed by atoms with Crippen LogP contribution in [0.1, 0.15) is 46.0 Å². The highest BCUT2D eigenvalue weighted by molar-refractivity contribution is 5.64. The van der Waals surface area contributed by atoms with Crippen LogP contribution < -0.4 is 5.32 Å². The van der Waals surface area contributed by atoms with Crippen LogP contribution in [-0.2, 0) is 0 Å². The number of nitrogens with one attached hydrogen (secondary N) is 1. The van der Waals surface area contributed by atoms with Crippen LogP contribution >= 0.6 is 0 Å². The maximum absolute atomic E-state index is 10.0. The summed E-state index contributed by atoms with van der Waals surface area (Å²) in [6, 6.07) is 0. The molecule has 1 fully saturated rings. The summed E-state index contributed by atoms with van der Waals surface area (Å²) in [5.41, 5.74) is 0. The maximum atomic E-state index is 10.0. The number of aliphatic hydroxyl groups is 1. The summed E-state index contributed by atoms with van der Waals surface area (Å²) in [5.74, 6) is 0. The van der Waals surface area contributed by atoms with Gasteiger partial charge in [-0.05, 0) is 25.9 Å². The average molecular weight is 260 g/mol. The van der Waals surface area contributed by atoms with Crippen molar-refractivity contribution in [2.75, 3.05) is 26.2 Å². The first kappa shape index (κ1) is 17.2. The lowest BCUT2D eigenvalue weighted by Gasteiger charge is -2.16. The number of carboxylic acid groups (broad SMARTS) is 1. The van der Waals surface area contributed by atoms with Gasteiger partial charge in [0.2, 0.25) is 0 Å². The largest absolute Gasteiger partial charge is 0.465 e. The summed E-state index contributed by atoms with van der Waals surface area (Å²) in [4.78, 5) is 12.2. The third-order valence-corrected chi connectivity index (χ3v) is 3.17. The highest BCUT2D eigenvalue weighted by atomic mass is 16.4. The van der Waals surface area contributed by atoms with E-state index in [0.29, 0.717) is 6.54 Å². The first-order valence-corrected chi connectivity index (χ1v) is 6.97. The Kier molecular flexibility index (Phi) is 10.8. The molecule has 0 radical (unpaired) electrons. The molecule has 1 saturated carbocycles. The zero-order valence-corrected chi connectivity index (χ0v) is 11.7. The Labute approximate surface area is 110 Å². The van der Waals surface area contributed by atoms with Crippen molar-refractivity contribution < 1.29 is 15.0 Å². The van der Waals surface area contributed by atoms with Crippen LogP contribution in [-0.4, -0.2) is 53.5 Å². The van der Waals surface area contributed by atoms with E-state index < -0.39 is 6.09 Å². The van der Waals surface area contributed by atoms with E-state index >= 15 is 0 Å². The lowest BCUT2D eigenvalue weighted by atomic mass is 9.98. The first-order chi connectivity index (χ1) is 8.60. The topological polar surface area (TPSA) is 72.8 Å². The second-order valence-electron chi connectivity index (χ2n) is 4.55. The van der Waals surface area contributed by atoms with Gasteiger partial charge in [-0.3, -0.25) is 0 Å². The Bertz CT molecular complexity index is 202. The highest BCUT2D eigenvalue weighted by Gasteiger charge is 2.07. The maximum Gasteiger partial charge on any atom is 0.404 e. The Hall–Kier alpha value is -0.810. The summed E-state index contributed by atoms with van der Waals surface area (Å²) in [6.07, 6.45) is 4.98. The fraction of sp³-hybridized carbons (Fsp3) is 0.923. The zero-order valence-electron chi connectivity index (χ0n) is 11.7. The van der Waals surface area contributed by atoms with Crippen molar-refractivity contribution in [3.8, 4) is 0 Å². The van der Waals surface area contributed by atoms with E-state index in [4.69, 9.17) is 10.2 Å². The molecule has 0 aromatic carbocycles. The van der Waals surface area contributed by atoms with Crippen LogP contribution in [0.3, 0.4) is 0 Å². The molecule has 0 spiro atoms. The number of likely N-dealkylation sites (N-methyl/N-ethyl adjacent to an activating group) is 1. The van der Waals surface area contributed by atoms with Gasteiger partial charge in [-0.1, -0.05) is 33.1 Å². The molecule has 0 aliphatic heterocycles. The molecule has 1 aliphatic carbocycles. The third kappa shape index (κ3) is 10.4. The Morgan fingerprint density at radius 1 is 1.22 bits per heavy atom. The molecule has 5 nitrogen and oxygen atoms in total. The van der Waals surface area contributed by atoms with Crippen LogP contribution in [0, 0.1) is 0 Å². The van der Waals surface area contributed by atoms with Gasteiger partial charge in [0.25, 0.3) is 0 Å². The molecule has 0 bridgehead atoms. The van der Waals surface area contributed by atoms with E-state index in [-0.39, 0.29) is 6.10 Å². The third-order valence-electron chi connectivity index (χ3n) is 3.17. The van der Waals surface area contributed by atoms with Crippen LogP contribution in [0.15, 0.2) is 0 Å². The number of aliphatic hydroxyl groups excluding tert-OH is 1. The Morgan fingerprint density at radius 3 is 2.11 bits per heavy atom. The molecule has 0 aromatic rings. The van der Waals surface area contributed by atoms with E-state index in [9.17, 15) is 4.79 Å². The second-order valence-corrected chi connectivity index (χ2v) is 4.55. The summed E-state index contributed by atoms with van der Waals surface area (Å²) in [7, 11) is 0. The van der Waals surface area contributed by atoms with E-state index in [1.807, 2.05) is 0 Å². The van der Waals surface area contributed by atoms with Crippen LogP contribution in [0.4, 0.5) is 4.79 Å². The lowest BCUT2D eigenvalue weighted by Crippen LogP contribution is -2.33. The van der Waals surface area contributed by atoms with E-state index in [1.165, 1.54) is 19.3 Å². The first-order valence-electron chi connectivity index (χ1n) is 6.97. The van der Waals surface area contributed by atoms with Gasteiger partial charge in [0.1, 0.15) is 0 Å². The van der Waals surface area contributed by atoms with E-state index in [0.717, 1.165) is 32.5 Å².